The molecule has 158 valence electrons. The number of halogens is 1. The van der Waals surface area contributed by atoms with Crippen LogP contribution in [0.2, 0.25) is 5.02 Å². The number of benzene rings is 1. The maximum atomic E-state index is 10.7. The second kappa shape index (κ2) is 7.45. The van der Waals surface area contributed by atoms with Crippen LogP contribution < -0.4 is 0 Å². The SMILES string of the molecule is OC(c1ccc(Cl)cc1)[C@H]1O[C@@H](n2ccc3c2N=CN2C3=NCCC2O)[C@H](O)[C@@H]1O. The van der Waals surface area contributed by atoms with Crippen molar-refractivity contribution < 1.29 is 25.2 Å². The molecule has 1 saturated heterocycles. The minimum absolute atomic E-state index is 0.497. The van der Waals surface area contributed by atoms with Crippen molar-refractivity contribution in [1.82, 2.24) is 9.47 Å². The summed E-state index contributed by atoms with van der Waals surface area (Å²) >= 11 is 5.90. The van der Waals surface area contributed by atoms with Crippen LogP contribution in [-0.4, -0.2) is 73.2 Å². The Morgan fingerprint density at radius 2 is 1.87 bits per heavy atom. The van der Waals surface area contributed by atoms with Crippen molar-refractivity contribution in [2.24, 2.45) is 9.98 Å². The molecule has 0 saturated carbocycles. The Bertz CT molecular complexity index is 1010. The molecule has 6 atom stereocenters. The van der Waals surface area contributed by atoms with Gasteiger partial charge in [-0.05, 0) is 23.8 Å². The topological polar surface area (TPSA) is 123 Å². The van der Waals surface area contributed by atoms with Crippen LogP contribution in [0.25, 0.3) is 0 Å². The minimum atomic E-state index is -1.31. The standard InChI is InChI=1S/C20H21ClN4O5/c21-11-3-1-10(2-4-11)14(27)17-15(28)16(29)20(30-17)24-8-6-12-18-22-7-5-13(26)25(18)9-23-19(12)24/h1-4,6,8-9,13-17,20,26-29H,5,7H2/t13?,14?,15-,16+,17+,20+/m0/s1. The lowest BCUT2D eigenvalue weighted by Crippen LogP contribution is -2.44. The predicted molar refractivity (Wildman–Crippen MR) is 109 cm³/mol. The smallest absolute Gasteiger partial charge is 0.164 e. The molecule has 5 rings (SSSR count). The van der Waals surface area contributed by atoms with Gasteiger partial charge in [0.15, 0.2) is 6.23 Å². The van der Waals surface area contributed by atoms with E-state index < -0.39 is 36.9 Å². The predicted octanol–water partition coefficient (Wildman–Crippen LogP) is 0.938. The largest absolute Gasteiger partial charge is 0.387 e. The van der Waals surface area contributed by atoms with Gasteiger partial charge in [-0.1, -0.05) is 23.7 Å². The number of nitrogens with zero attached hydrogens (tertiary/aromatic N) is 4. The van der Waals surface area contributed by atoms with Crippen LogP contribution >= 0.6 is 11.6 Å². The first-order valence-electron chi connectivity index (χ1n) is 9.67. The molecule has 2 unspecified atom stereocenters. The number of hydrogen-bond donors (Lipinski definition) is 4. The molecule has 0 amide bonds. The molecule has 3 aliphatic rings. The number of aliphatic imine (C=N–C) groups is 2. The summed E-state index contributed by atoms with van der Waals surface area (Å²) < 4.78 is 7.51. The highest BCUT2D eigenvalue weighted by molar-refractivity contribution is 6.30. The molecule has 0 spiro atoms. The Morgan fingerprint density at radius 3 is 2.63 bits per heavy atom. The van der Waals surface area contributed by atoms with E-state index in [4.69, 9.17) is 16.3 Å². The lowest BCUT2D eigenvalue weighted by atomic mass is 9.99. The van der Waals surface area contributed by atoms with Crippen LogP contribution in [0, 0.1) is 0 Å². The fraction of sp³-hybridized carbons (Fsp3) is 0.400. The lowest BCUT2D eigenvalue weighted by molar-refractivity contribution is -0.0854. The van der Waals surface area contributed by atoms with E-state index in [9.17, 15) is 20.4 Å². The zero-order chi connectivity index (χ0) is 21.0. The molecular formula is C20H21ClN4O5. The van der Waals surface area contributed by atoms with Crippen LogP contribution in [0.4, 0.5) is 5.82 Å². The molecule has 4 N–H and O–H groups in total. The zero-order valence-electron chi connectivity index (χ0n) is 15.8. The van der Waals surface area contributed by atoms with Gasteiger partial charge in [-0.15, -0.1) is 0 Å². The number of aromatic nitrogens is 1. The van der Waals surface area contributed by atoms with Crippen LogP contribution in [-0.2, 0) is 4.74 Å². The second-order valence-corrected chi connectivity index (χ2v) is 7.99. The third kappa shape index (κ3) is 3.06. The summed E-state index contributed by atoms with van der Waals surface area (Å²) in [6.45, 7) is 0.502. The summed E-state index contributed by atoms with van der Waals surface area (Å²) in [5.41, 5.74) is 1.22. The summed E-state index contributed by atoms with van der Waals surface area (Å²) in [7, 11) is 0. The highest BCUT2D eigenvalue weighted by Crippen LogP contribution is 2.40. The van der Waals surface area contributed by atoms with Crippen molar-refractivity contribution in [2.45, 2.75) is 43.3 Å². The lowest BCUT2D eigenvalue weighted by Gasteiger charge is -2.32. The summed E-state index contributed by atoms with van der Waals surface area (Å²) in [4.78, 5) is 10.5. The van der Waals surface area contributed by atoms with Gasteiger partial charge in [-0.25, -0.2) is 4.99 Å². The summed E-state index contributed by atoms with van der Waals surface area (Å²) in [6, 6.07) is 8.34. The van der Waals surface area contributed by atoms with E-state index in [1.54, 1.807) is 46.0 Å². The number of amidine groups is 1. The van der Waals surface area contributed by atoms with Crippen molar-refractivity contribution in [3.63, 3.8) is 0 Å². The molecule has 0 bridgehead atoms. The highest BCUT2D eigenvalue weighted by atomic mass is 35.5. The van der Waals surface area contributed by atoms with Gasteiger partial charge >= 0.3 is 0 Å². The molecule has 4 heterocycles. The van der Waals surface area contributed by atoms with E-state index in [2.05, 4.69) is 9.98 Å². The van der Waals surface area contributed by atoms with E-state index in [-0.39, 0.29) is 0 Å². The highest BCUT2D eigenvalue weighted by Gasteiger charge is 2.48. The number of aliphatic hydroxyl groups is 4. The summed E-state index contributed by atoms with van der Waals surface area (Å²) in [6.07, 6.45) is -2.71. The van der Waals surface area contributed by atoms with Crippen molar-refractivity contribution in [3.8, 4) is 0 Å². The van der Waals surface area contributed by atoms with E-state index in [0.717, 1.165) is 0 Å². The Morgan fingerprint density at radius 1 is 1.10 bits per heavy atom. The van der Waals surface area contributed by atoms with Gasteiger partial charge in [0.2, 0.25) is 0 Å². The molecule has 0 aliphatic carbocycles. The molecule has 1 aromatic heterocycles. The van der Waals surface area contributed by atoms with E-state index >= 15 is 0 Å². The first kappa shape index (κ1) is 19.7. The number of fused-ring (bicyclic) bond motifs is 3. The van der Waals surface area contributed by atoms with Crippen LogP contribution in [0.1, 0.15) is 29.9 Å². The minimum Gasteiger partial charge on any atom is -0.387 e. The maximum absolute atomic E-state index is 10.7. The number of aliphatic hydroxyl groups excluding tert-OH is 4. The van der Waals surface area contributed by atoms with Gasteiger partial charge in [0.25, 0.3) is 0 Å². The van der Waals surface area contributed by atoms with Gasteiger partial charge < -0.3 is 29.7 Å². The van der Waals surface area contributed by atoms with Crippen molar-refractivity contribution in [2.75, 3.05) is 6.54 Å². The Hall–Kier alpha value is -2.27. The van der Waals surface area contributed by atoms with Gasteiger partial charge in [0, 0.05) is 24.2 Å². The summed E-state index contributed by atoms with van der Waals surface area (Å²) in [5, 5.41) is 42.6. The van der Waals surface area contributed by atoms with Gasteiger partial charge in [-0.2, -0.15) is 0 Å². The van der Waals surface area contributed by atoms with Crippen LogP contribution in [0.5, 0.6) is 0 Å². The molecule has 10 heteroatoms. The van der Waals surface area contributed by atoms with Crippen LogP contribution in [0.15, 0.2) is 46.5 Å². The molecule has 30 heavy (non-hydrogen) atoms. The molecule has 1 fully saturated rings. The zero-order valence-corrected chi connectivity index (χ0v) is 16.5. The molecule has 2 aromatic rings. The molecule has 3 aliphatic heterocycles. The first-order valence-corrected chi connectivity index (χ1v) is 10.0. The Labute approximate surface area is 177 Å². The van der Waals surface area contributed by atoms with E-state index in [1.807, 2.05) is 0 Å². The average Bonchev–Trinajstić information content (AvgIpc) is 3.30. The molecular weight excluding hydrogens is 412 g/mol. The summed E-state index contributed by atoms with van der Waals surface area (Å²) in [5.74, 6) is 1.10. The fourth-order valence-electron chi connectivity index (χ4n) is 4.10. The number of ether oxygens (including phenoxy) is 1. The first-order chi connectivity index (χ1) is 14.5. The third-order valence-corrected chi connectivity index (χ3v) is 5.97. The normalized spacial score (nSPS) is 31.3. The van der Waals surface area contributed by atoms with E-state index in [0.29, 0.717) is 40.8 Å². The maximum Gasteiger partial charge on any atom is 0.164 e. The Balaban J connectivity index is 1.44. The van der Waals surface area contributed by atoms with Gasteiger partial charge in [-0.3, -0.25) is 9.89 Å². The number of rotatable bonds is 3. The fourth-order valence-corrected chi connectivity index (χ4v) is 4.23. The van der Waals surface area contributed by atoms with Crippen LogP contribution in [0.3, 0.4) is 0 Å². The average molecular weight is 433 g/mol. The van der Waals surface area contributed by atoms with Crippen molar-refractivity contribution in [3.05, 3.63) is 52.7 Å². The molecule has 9 nitrogen and oxygen atoms in total. The molecule has 1 aromatic carbocycles. The van der Waals surface area contributed by atoms with Crippen molar-refractivity contribution in [1.29, 1.82) is 0 Å². The van der Waals surface area contributed by atoms with Gasteiger partial charge in [0.1, 0.15) is 48.6 Å². The Kier molecular flexibility index (Phi) is 4.89. The van der Waals surface area contributed by atoms with E-state index in [1.165, 1.54) is 6.34 Å². The quantitative estimate of drug-likeness (QED) is 0.572. The monoisotopic (exact) mass is 432 g/mol. The second-order valence-electron chi connectivity index (χ2n) is 7.56. The number of hydrogen-bond acceptors (Lipinski definition) is 8. The van der Waals surface area contributed by atoms with Crippen molar-refractivity contribution >= 4 is 29.6 Å². The molecule has 0 radical (unpaired) electrons. The van der Waals surface area contributed by atoms with Gasteiger partial charge in [0.05, 0.1) is 5.56 Å². The third-order valence-electron chi connectivity index (χ3n) is 5.72.